The minimum atomic E-state index is 0.409. The first-order valence-corrected chi connectivity index (χ1v) is 6.45. The van der Waals surface area contributed by atoms with Crippen molar-refractivity contribution >= 4 is 34.2 Å². The SMILES string of the molecule is Cc1csc(/C(N)=C(/C#N)c2ccncc2)c1Cl. The molecule has 0 fully saturated rings. The number of nitrogens with zero attached hydrogens (tertiary/aromatic N) is 2. The summed E-state index contributed by atoms with van der Waals surface area (Å²) in [5.74, 6) is 0. The molecule has 0 radical (unpaired) electrons. The lowest BCUT2D eigenvalue weighted by molar-refractivity contribution is 1.32. The quantitative estimate of drug-likeness (QED) is 0.854. The lowest BCUT2D eigenvalue weighted by atomic mass is 10.1. The molecule has 2 aromatic rings. The second-order valence-corrected chi connectivity index (χ2v) is 4.96. The molecule has 2 aromatic heterocycles. The number of rotatable bonds is 2. The lowest BCUT2D eigenvalue weighted by Crippen LogP contribution is -1.99. The number of nitrogens with two attached hydrogens (primary N) is 1. The van der Waals surface area contributed by atoms with Gasteiger partial charge in [0.1, 0.15) is 6.07 Å². The van der Waals surface area contributed by atoms with E-state index in [-0.39, 0.29) is 0 Å². The Morgan fingerprint density at radius 2 is 2.11 bits per heavy atom. The third-order valence-electron chi connectivity index (χ3n) is 2.49. The zero-order valence-corrected chi connectivity index (χ0v) is 11.2. The van der Waals surface area contributed by atoms with Crippen LogP contribution in [0.5, 0.6) is 0 Å². The zero-order chi connectivity index (χ0) is 13.1. The molecule has 0 aliphatic carbocycles. The molecule has 5 heteroatoms. The third kappa shape index (κ3) is 2.23. The molecule has 2 heterocycles. The van der Waals surface area contributed by atoms with E-state index in [0.717, 1.165) is 16.0 Å². The Morgan fingerprint density at radius 3 is 2.61 bits per heavy atom. The molecular formula is C13H10ClN3S. The summed E-state index contributed by atoms with van der Waals surface area (Å²) in [7, 11) is 0. The van der Waals surface area contributed by atoms with Gasteiger partial charge in [0.05, 0.1) is 21.2 Å². The Kier molecular flexibility index (Phi) is 3.66. The average molecular weight is 276 g/mol. The standard InChI is InChI=1S/C13H10ClN3S/c1-8-7-18-13(11(8)14)12(16)10(6-15)9-2-4-17-5-3-9/h2-5,7H,16H2,1H3/b12-10+. The van der Waals surface area contributed by atoms with Gasteiger partial charge in [-0.2, -0.15) is 5.26 Å². The van der Waals surface area contributed by atoms with Gasteiger partial charge < -0.3 is 5.73 Å². The van der Waals surface area contributed by atoms with Gasteiger partial charge in [-0.3, -0.25) is 4.98 Å². The molecule has 0 aromatic carbocycles. The number of pyridine rings is 1. The van der Waals surface area contributed by atoms with Crippen LogP contribution in [0.25, 0.3) is 11.3 Å². The number of aryl methyl sites for hydroxylation is 1. The topological polar surface area (TPSA) is 62.7 Å². The van der Waals surface area contributed by atoms with E-state index in [2.05, 4.69) is 11.1 Å². The van der Waals surface area contributed by atoms with Crippen molar-refractivity contribution in [1.82, 2.24) is 4.98 Å². The molecule has 0 saturated carbocycles. The normalized spacial score (nSPS) is 11.8. The highest BCUT2D eigenvalue weighted by Gasteiger charge is 2.14. The number of thiophene rings is 1. The van der Waals surface area contributed by atoms with Crippen LogP contribution in [0.4, 0.5) is 0 Å². The summed E-state index contributed by atoms with van der Waals surface area (Å²) < 4.78 is 0. The van der Waals surface area contributed by atoms with Crippen molar-refractivity contribution in [3.05, 3.63) is 50.9 Å². The van der Waals surface area contributed by atoms with Crippen molar-refractivity contribution in [2.24, 2.45) is 5.73 Å². The van der Waals surface area contributed by atoms with Gasteiger partial charge in [0.15, 0.2) is 0 Å². The van der Waals surface area contributed by atoms with Crippen LogP contribution in [0, 0.1) is 18.3 Å². The second kappa shape index (κ2) is 5.21. The molecule has 0 amide bonds. The van der Waals surface area contributed by atoms with Crippen LogP contribution < -0.4 is 5.73 Å². The van der Waals surface area contributed by atoms with Gasteiger partial charge in [-0.1, -0.05) is 11.6 Å². The Morgan fingerprint density at radius 1 is 1.44 bits per heavy atom. The van der Waals surface area contributed by atoms with E-state index < -0.39 is 0 Å². The Labute approximate surface area is 114 Å². The van der Waals surface area contributed by atoms with Gasteiger partial charge in [-0.05, 0) is 35.6 Å². The molecule has 0 unspecified atom stereocenters. The van der Waals surface area contributed by atoms with Crippen LogP contribution in [-0.4, -0.2) is 4.98 Å². The molecule has 0 saturated heterocycles. The van der Waals surface area contributed by atoms with Crippen molar-refractivity contribution in [3.8, 4) is 6.07 Å². The van der Waals surface area contributed by atoms with Gasteiger partial charge in [-0.25, -0.2) is 0 Å². The molecule has 0 bridgehead atoms. The summed E-state index contributed by atoms with van der Waals surface area (Å²) in [5, 5.41) is 11.8. The van der Waals surface area contributed by atoms with Crippen LogP contribution in [-0.2, 0) is 0 Å². The van der Waals surface area contributed by atoms with E-state index >= 15 is 0 Å². The maximum Gasteiger partial charge on any atom is 0.102 e. The fourth-order valence-electron chi connectivity index (χ4n) is 1.52. The summed E-state index contributed by atoms with van der Waals surface area (Å²) in [4.78, 5) is 4.66. The molecule has 3 nitrogen and oxygen atoms in total. The second-order valence-electron chi connectivity index (χ2n) is 3.70. The summed E-state index contributed by atoms with van der Waals surface area (Å²) in [6.07, 6.45) is 3.25. The zero-order valence-electron chi connectivity index (χ0n) is 9.64. The number of hydrogen-bond donors (Lipinski definition) is 1. The molecule has 0 spiro atoms. The predicted molar refractivity (Wildman–Crippen MR) is 74.9 cm³/mol. The van der Waals surface area contributed by atoms with Crippen molar-refractivity contribution < 1.29 is 0 Å². The maximum atomic E-state index is 9.26. The molecule has 90 valence electrons. The number of allylic oxidation sites excluding steroid dienone is 1. The maximum absolute atomic E-state index is 9.26. The van der Waals surface area contributed by atoms with Gasteiger partial charge in [0, 0.05) is 12.4 Å². The van der Waals surface area contributed by atoms with Gasteiger partial charge in [0.25, 0.3) is 0 Å². The van der Waals surface area contributed by atoms with Crippen LogP contribution in [0.2, 0.25) is 5.02 Å². The Bertz CT molecular complexity index is 638. The van der Waals surface area contributed by atoms with Crippen LogP contribution in [0.3, 0.4) is 0 Å². The molecule has 0 aliphatic heterocycles. The van der Waals surface area contributed by atoms with E-state index in [4.69, 9.17) is 17.3 Å². The third-order valence-corrected chi connectivity index (χ3v) is 4.22. The first-order chi connectivity index (χ1) is 8.65. The highest BCUT2D eigenvalue weighted by molar-refractivity contribution is 7.12. The van der Waals surface area contributed by atoms with E-state index in [0.29, 0.717) is 16.3 Å². The van der Waals surface area contributed by atoms with E-state index in [1.54, 1.807) is 24.5 Å². The molecular weight excluding hydrogens is 266 g/mol. The highest BCUT2D eigenvalue weighted by Crippen LogP contribution is 2.34. The fourth-order valence-corrected chi connectivity index (χ4v) is 2.78. The van der Waals surface area contributed by atoms with Crippen molar-refractivity contribution in [2.75, 3.05) is 0 Å². The van der Waals surface area contributed by atoms with E-state index in [9.17, 15) is 5.26 Å². The fraction of sp³-hybridized carbons (Fsp3) is 0.0769. The number of aromatic nitrogens is 1. The molecule has 2 rings (SSSR count). The van der Waals surface area contributed by atoms with Gasteiger partial charge in [0.2, 0.25) is 0 Å². The Balaban J connectivity index is 2.59. The Hall–Kier alpha value is -1.83. The highest BCUT2D eigenvalue weighted by atomic mass is 35.5. The summed E-state index contributed by atoms with van der Waals surface area (Å²) >= 11 is 7.61. The molecule has 0 atom stereocenters. The first kappa shape index (κ1) is 12.6. The number of nitriles is 1. The first-order valence-electron chi connectivity index (χ1n) is 5.19. The minimum absolute atomic E-state index is 0.409. The summed E-state index contributed by atoms with van der Waals surface area (Å²) in [6.45, 7) is 1.91. The van der Waals surface area contributed by atoms with Gasteiger partial charge in [-0.15, -0.1) is 11.3 Å². The van der Waals surface area contributed by atoms with Crippen LogP contribution in [0.1, 0.15) is 16.0 Å². The molecule has 0 aliphatic rings. The van der Waals surface area contributed by atoms with Crippen molar-refractivity contribution in [1.29, 1.82) is 5.26 Å². The predicted octanol–water partition coefficient (Wildman–Crippen LogP) is 3.46. The van der Waals surface area contributed by atoms with Crippen molar-refractivity contribution in [3.63, 3.8) is 0 Å². The molecule has 2 N–H and O–H groups in total. The lowest BCUT2D eigenvalue weighted by Gasteiger charge is -2.04. The number of hydrogen-bond acceptors (Lipinski definition) is 4. The smallest absolute Gasteiger partial charge is 0.102 e. The largest absolute Gasteiger partial charge is 0.396 e. The summed E-state index contributed by atoms with van der Waals surface area (Å²) in [6, 6.07) is 5.63. The molecule has 18 heavy (non-hydrogen) atoms. The van der Waals surface area contributed by atoms with E-state index in [1.165, 1.54) is 11.3 Å². The van der Waals surface area contributed by atoms with Crippen LogP contribution >= 0.6 is 22.9 Å². The van der Waals surface area contributed by atoms with Crippen LogP contribution in [0.15, 0.2) is 29.9 Å². The summed E-state index contributed by atoms with van der Waals surface area (Å²) in [5.41, 5.74) is 8.59. The number of halogens is 1. The van der Waals surface area contributed by atoms with Gasteiger partial charge >= 0.3 is 0 Å². The van der Waals surface area contributed by atoms with Crippen molar-refractivity contribution in [2.45, 2.75) is 6.92 Å². The monoisotopic (exact) mass is 275 g/mol. The average Bonchev–Trinajstić information content (AvgIpc) is 2.72. The van der Waals surface area contributed by atoms with E-state index in [1.807, 2.05) is 12.3 Å². The minimum Gasteiger partial charge on any atom is -0.396 e.